The maximum absolute atomic E-state index is 9.71. The highest BCUT2D eigenvalue weighted by Gasteiger charge is 2.25. The van der Waals surface area contributed by atoms with E-state index in [0.717, 1.165) is 24.0 Å². The van der Waals surface area contributed by atoms with Crippen LogP contribution in [0.5, 0.6) is 11.5 Å². The van der Waals surface area contributed by atoms with Crippen LogP contribution in [-0.2, 0) is 12.0 Å². The Morgan fingerprint density at radius 3 is 2.36 bits per heavy atom. The van der Waals surface area contributed by atoms with Gasteiger partial charge in [0.05, 0.1) is 6.61 Å². The van der Waals surface area contributed by atoms with Gasteiger partial charge in [0.15, 0.2) is 0 Å². The highest BCUT2D eigenvalue weighted by molar-refractivity contribution is 5.33. The van der Waals surface area contributed by atoms with E-state index in [1.165, 1.54) is 0 Å². The lowest BCUT2D eigenvalue weighted by molar-refractivity contribution is 0.253. The van der Waals surface area contributed by atoms with Crippen molar-refractivity contribution >= 4 is 0 Å². The molecule has 0 aliphatic heterocycles. The van der Waals surface area contributed by atoms with E-state index in [4.69, 9.17) is 5.11 Å². The molecule has 0 amide bonds. The smallest absolute Gasteiger partial charge is 0.115 e. The number of aliphatic hydroxyl groups is 1. The van der Waals surface area contributed by atoms with E-state index < -0.39 is 0 Å². The van der Waals surface area contributed by atoms with Crippen LogP contribution in [0.15, 0.2) is 48.5 Å². The highest BCUT2D eigenvalue weighted by atomic mass is 16.3. The van der Waals surface area contributed by atoms with Crippen LogP contribution in [0.3, 0.4) is 0 Å². The number of hydrogen-bond donors (Lipinski definition) is 4. The van der Waals surface area contributed by atoms with E-state index in [0.29, 0.717) is 6.54 Å². The summed E-state index contributed by atoms with van der Waals surface area (Å²) in [4.78, 5) is 0. The Labute approximate surface area is 131 Å². The van der Waals surface area contributed by atoms with Crippen molar-refractivity contribution < 1.29 is 15.3 Å². The molecule has 0 radical (unpaired) electrons. The van der Waals surface area contributed by atoms with E-state index >= 15 is 0 Å². The molecule has 4 nitrogen and oxygen atoms in total. The summed E-state index contributed by atoms with van der Waals surface area (Å²) < 4.78 is 0. The molecule has 1 unspecified atom stereocenters. The Kier molecular flexibility index (Phi) is 5.41. The number of phenols is 2. The van der Waals surface area contributed by atoms with E-state index in [9.17, 15) is 10.2 Å². The molecule has 1 atom stereocenters. The summed E-state index contributed by atoms with van der Waals surface area (Å²) in [6, 6.07) is 14.4. The molecule has 0 saturated heterocycles. The third-order valence-corrected chi connectivity index (χ3v) is 3.96. The summed E-state index contributed by atoms with van der Waals surface area (Å²) in [5.41, 5.74) is 1.77. The van der Waals surface area contributed by atoms with Crippen LogP contribution in [0.2, 0.25) is 0 Å². The normalized spacial score (nSPS) is 13.7. The fraction of sp³-hybridized carbons (Fsp3) is 0.333. The van der Waals surface area contributed by atoms with Crippen LogP contribution in [-0.4, -0.2) is 28.5 Å². The Bertz CT molecular complexity index is 598. The van der Waals surface area contributed by atoms with Gasteiger partial charge in [-0.05, 0) is 55.2 Å². The molecule has 22 heavy (non-hydrogen) atoms. The Morgan fingerprint density at radius 1 is 1.00 bits per heavy atom. The summed E-state index contributed by atoms with van der Waals surface area (Å²) >= 11 is 0. The fourth-order valence-electron chi connectivity index (χ4n) is 2.57. The van der Waals surface area contributed by atoms with Gasteiger partial charge in [-0.2, -0.15) is 0 Å². The Morgan fingerprint density at radius 2 is 1.73 bits per heavy atom. The zero-order valence-electron chi connectivity index (χ0n) is 12.8. The van der Waals surface area contributed by atoms with Gasteiger partial charge in [-0.15, -0.1) is 0 Å². The van der Waals surface area contributed by atoms with Gasteiger partial charge in [0.25, 0.3) is 0 Å². The number of phenolic OH excluding ortho intramolecular Hbond substituents is 2. The molecule has 2 aromatic rings. The zero-order chi connectivity index (χ0) is 16.0. The van der Waals surface area contributed by atoms with E-state index in [2.05, 4.69) is 12.2 Å². The first-order valence-corrected chi connectivity index (χ1v) is 7.47. The molecule has 4 heteroatoms. The molecule has 0 bridgehead atoms. The number of rotatable bonds is 7. The molecule has 0 fully saturated rings. The number of aryl methyl sites for hydroxylation is 1. The second-order valence-electron chi connectivity index (χ2n) is 5.70. The predicted octanol–water partition coefficient (Wildman–Crippen LogP) is 2.53. The van der Waals surface area contributed by atoms with Crippen LogP contribution >= 0.6 is 0 Å². The summed E-state index contributed by atoms with van der Waals surface area (Å²) in [6.45, 7) is 2.62. The average Bonchev–Trinajstić information content (AvgIpc) is 2.52. The van der Waals surface area contributed by atoms with Crippen molar-refractivity contribution in [1.29, 1.82) is 0 Å². The fourth-order valence-corrected chi connectivity index (χ4v) is 2.57. The Hall–Kier alpha value is -2.04. The van der Waals surface area contributed by atoms with Crippen molar-refractivity contribution in [3.63, 3.8) is 0 Å². The lowest BCUT2D eigenvalue weighted by Crippen LogP contribution is -2.41. The largest absolute Gasteiger partial charge is 0.508 e. The predicted molar refractivity (Wildman–Crippen MR) is 87.0 cm³/mol. The first-order valence-electron chi connectivity index (χ1n) is 7.47. The van der Waals surface area contributed by atoms with Gasteiger partial charge in [-0.1, -0.05) is 24.3 Å². The van der Waals surface area contributed by atoms with Crippen LogP contribution in [0.4, 0.5) is 0 Å². The minimum Gasteiger partial charge on any atom is -0.508 e. The summed E-state index contributed by atoms with van der Waals surface area (Å²) in [7, 11) is 0. The van der Waals surface area contributed by atoms with Gasteiger partial charge >= 0.3 is 0 Å². The molecule has 0 aliphatic rings. The van der Waals surface area contributed by atoms with Crippen LogP contribution in [0, 0.1) is 0 Å². The van der Waals surface area contributed by atoms with Crippen LogP contribution in [0.25, 0.3) is 0 Å². The van der Waals surface area contributed by atoms with Crippen molar-refractivity contribution in [2.45, 2.75) is 25.3 Å². The lowest BCUT2D eigenvalue weighted by atomic mass is 9.85. The molecule has 0 aromatic heterocycles. The van der Waals surface area contributed by atoms with Crippen molar-refractivity contribution in [1.82, 2.24) is 5.32 Å². The van der Waals surface area contributed by atoms with E-state index in [1.807, 2.05) is 24.3 Å². The van der Waals surface area contributed by atoms with Crippen molar-refractivity contribution in [3.05, 3.63) is 59.7 Å². The molecule has 0 aliphatic carbocycles. The number of aromatic hydroxyl groups is 2. The topological polar surface area (TPSA) is 72.7 Å². The molecule has 2 aromatic carbocycles. The maximum Gasteiger partial charge on any atom is 0.115 e. The SMILES string of the molecule is CC(CCc1ccc(O)cc1)(NCCO)c1cccc(O)c1. The average molecular weight is 301 g/mol. The first kappa shape index (κ1) is 16.3. The summed E-state index contributed by atoms with van der Waals surface area (Å²) in [5.74, 6) is 0.497. The third-order valence-electron chi connectivity index (χ3n) is 3.96. The molecule has 0 spiro atoms. The van der Waals surface area contributed by atoms with Gasteiger partial charge in [-0.3, -0.25) is 0 Å². The van der Waals surface area contributed by atoms with Gasteiger partial charge in [0, 0.05) is 12.1 Å². The summed E-state index contributed by atoms with van der Waals surface area (Å²) in [5, 5.41) is 31.5. The van der Waals surface area contributed by atoms with E-state index in [1.54, 1.807) is 24.3 Å². The number of nitrogens with one attached hydrogen (secondary N) is 1. The van der Waals surface area contributed by atoms with Crippen molar-refractivity contribution in [2.75, 3.05) is 13.2 Å². The van der Waals surface area contributed by atoms with E-state index in [-0.39, 0.29) is 23.6 Å². The van der Waals surface area contributed by atoms with Gasteiger partial charge in [-0.25, -0.2) is 0 Å². The van der Waals surface area contributed by atoms with Gasteiger partial charge in [0.2, 0.25) is 0 Å². The second-order valence-corrected chi connectivity index (χ2v) is 5.70. The monoisotopic (exact) mass is 301 g/mol. The first-order chi connectivity index (χ1) is 10.5. The third kappa shape index (κ3) is 4.23. The number of benzene rings is 2. The molecule has 0 saturated carbocycles. The molecular formula is C18H23NO3. The highest BCUT2D eigenvalue weighted by Crippen LogP contribution is 2.29. The minimum absolute atomic E-state index is 0.0631. The van der Waals surface area contributed by atoms with Crippen LogP contribution < -0.4 is 5.32 Å². The molecule has 118 valence electrons. The second kappa shape index (κ2) is 7.29. The molecule has 0 heterocycles. The Balaban J connectivity index is 2.16. The number of hydrogen-bond acceptors (Lipinski definition) is 4. The number of aliphatic hydroxyl groups excluding tert-OH is 1. The standard InChI is InChI=1S/C18H23NO3/c1-18(19-11-12-20,15-3-2-4-17(22)13-15)10-9-14-5-7-16(21)8-6-14/h2-8,13,19-22H,9-12H2,1H3. The van der Waals surface area contributed by atoms with Crippen molar-refractivity contribution in [3.8, 4) is 11.5 Å². The molecular weight excluding hydrogens is 278 g/mol. The quantitative estimate of drug-likeness (QED) is 0.634. The molecule has 4 N–H and O–H groups in total. The maximum atomic E-state index is 9.71. The summed E-state index contributed by atoms with van der Waals surface area (Å²) in [6.07, 6.45) is 1.63. The zero-order valence-corrected chi connectivity index (χ0v) is 12.8. The van der Waals surface area contributed by atoms with Gasteiger partial charge < -0.3 is 20.6 Å². The molecule has 2 rings (SSSR count). The lowest BCUT2D eigenvalue weighted by Gasteiger charge is -2.32. The van der Waals surface area contributed by atoms with Crippen molar-refractivity contribution in [2.24, 2.45) is 0 Å². The van der Waals surface area contributed by atoms with Gasteiger partial charge in [0.1, 0.15) is 11.5 Å². The minimum atomic E-state index is -0.348. The van der Waals surface area contributed by atoms with Crippen LogP contribution in [0.1, 0.15) is 24.5 Å².